The van der Waals surface area contributed by atoms with Crippen LogP contribution in [0.2, 0.25) is 0 Å². The Balaban J connectivity index is 1.58. The number of aliphatic hydroxyl groups is 2. The van der Waals surface area contributed by atoms with Crippen LogP contribution in [-0.4, -0.2) is 62.0 Å². The lowest BCUT2D eigenvalue weighted by Crippen LogP contribution is -2.64. The van der Waals surface area contributed by atoms with E-state index in [2.05, 4.69) is 0 Å². The summed E-state index contributed by atoms with van der Waals surface area (Å²) in [6.07, 6.45) is -5.17. The molecular formula is C29H34O8S. The van der Waals surface area contributed by atoms with E-state index in [1.807, 2.05) is 91.0 Å². The lowest BCUT2D eigenvalue weighted by Gasteiger charge is -2.46. The van der Waals surface area contributed by atoms with E-state index in [1.54, 1.807) is 0 Å². The normalized spacial score (nSPS) is 25.8. The zero-order chi connectivity index (χ0) is 27.0. The molecule has 6 atom stereocenters. The maximum atomic E-state index is 12.2. The Morgan fingerprint density at radius 2 is 1.05 bits per heavy atom. The topological polar surface area (TPSA) is 112 Å². The SMILES string of the molecule is CS(=O)(=O)O[C@@H]1[C@@H](O)[C@H](OCc2ccccc2)[C@@H](O)[C@H](OCc2ccccc2)[C@H]1COCc1ccccc1. The molecule has 0 bridgehead atoms. The minimum Gasteiger partial charge on any atom is -0.388 e. The van der Waals surface area contributed by atoms with Crippen molar-refractivity contribution in [3.05, 3.63) is 108 Å². The van der Waals surface area contributed by atoms with Gasteiger partial charge in [0.15, 0.2) is 0 Å². The fourth-order valence-electron chi connectivity index (χ4n) is 4.63. The molecule has 3 aromatic rings. The van der Waals surface area contributed by atoms with Crippen molar-refractivity contribution in [3.8, 4) is 0 Å². The van der Waals surface area contributed by atoms with Gasteiger partial charge in [0.2, 0.25) is 0 Å². The van der Waals surface area contributed by atoms with E-state index in [1.165, 1.54) is 0 Å². The fourth-order valence-corrected chi connectivity index (χ4v) is 5.29. The van der Waals surface area contributed by atoms with Gasteiger partial charge in [0.25, 0.3) is 10.1 Å². The van der Waals surface area contributed by atoms with Crippen molar-refractivity contribution in [2.45, 2.75) is 50.3 Å². The number of rotatable bonds is 12. The van der Waals surface area contributed by atoms with E-state index >= 15 is 0 Å². The predicted octanol–water partition coefficient (Wildman–Crippen LogP) is 3.07. The molecule has 38 heavy (non-hydrogen) atoms. The number of benzene rings is 3. The van der Waals surface area contributed by atoms with Gasteiger partial charge >= 0.3 is 0 Å². The molecule has 1 fully saturated rings. The van der Waals surface area contributed by atoms with Crippen LogP contribution in [0.4, 0.5) is 0 Å². The summed E-state index contributed by atoms with van der Waals surface area (Å²) in [5, 5.41) is 22.6. The fraction of sp³-hybridized carbons (Fsp3) is 0.379. The number of hydrogen-bond acceptors (Lipinski definition) is 8. The van der Waals surface area contributed by atoms with Crippen LogP contribution in [0.5, 0.6) is 0 Å². The molecule has 0 aliphatic heterocycles. The molecule has 0 heterocycles. The van der Waals surface area contributed by atoms with Crippen LogP contribution in [0, 0.1) is 5.92 Å². The average molecular weight is 543 g/mol. The number of hydrogen-bond donors (Lipinski definition) is 2. The summed E-state index contributed by atoms with van der Waals surface area (Å²) in [5.41, 5.74) is 2.63. The van der Waals surface area contributed by atoms with Gasteiger partial charge in [0.05, 0.1) is 38.8 Å². The summed E-state index contributed by atoms with van der Waals surface area (Å²) >= 11 is 0. The zero-order valence-corrected chi connectivity index (χ0v) is 22.0. The first kappa shape index (κ1) is 28.4. The molecule has 0 aromatic heterocycles. The van der Waals surface area contributed by atoms with Crippen molar-refractivity contribution in [1.82, 2.24) is 0 Å². The molecule has 204 valence electrons. The van der Waals surface area contributed by atoms with E-state index in [-0.39, 0.29) is 26.4 Å². The van der Waals surface area contributed by atoms with E-state index in [0.717, 1.165) is 22.9 Å². The summed E-state index contributed by atoms with van der Waals surface area (Å²) in [6.45, 7) is 0.499. The van der Waals surface area contributed by atoms with Crippen LogP contribution in [0.1, 0.15) is 16.7 Å². The van der Waals surface area contributed by atoms with Crippen molar-refractivity contribution in [2.24, 2.45) is 5.92 Å². The Labute approximate surface area is 223 Å². The Kier molecular flexibility index (Phi) is 10.0. The van der Waals surface area contributed by atoms with Crippen LogP contribution < -0.4 is 0 Å². The quantitative estimate of drug-likeness (QED) is 0.336. The molecule has 0 spiro atoms. The van der Waals surface area contributed by atoms with E-state index in [9.17, 15) is 18.6 Å². The van der Waals surface area contributed by atoms with Crippen molar-refractivity contribution in [2.75, 3.05) is 12.9 Å². The van der Waals surface area contributed by atoms with Crippen LogP contribution in [0.3, 0.4) is 0 Å². The lowest BCUT2D eigenvalue weighted by molar-refractivity contribution is -0.236. The standard InChI is InChI=1S/C29H34O8S/c1-38(32,33)37-28-24(20-34-17-21-11-5-2-6-12-21)27(35-18-22-13-7-3-8-14-22)25(30)29(26(28)31)36-19-23-15-9-4-10-16-23/h2-16,24-31H,17-20H2,1H3/t24-,25+,26-,27-,28+,29-/m1/s1. The minimum absolute atomic E-state index is 0.0198. The Morgan fingerprint density at radius 3 is 1.53 bits per heavy atom. The second-order valence-corrected chi connectivity index (χ2v) is 11.0. The van der Waals surface area contributed by atoms with Gasteiger partial charge < -0.3 is 24.4 Å². The molecule has 1 aliphatic rings. The molecule has 1 saturated carbocycles. The summed E-state index contributed by atoms with van der Waals surface area (Å²) in [7, 11) is -3.97. The molecule has 8 nitrogen and oxygen atoms in total. The van der Waals surface area contributed by atoms with Gasteiger partial charge in [-0.25, -0.2) is 0 Å². The largest absolute Gasteiger partial charge is 0.388 e. The molecule has 1 aliphatic carbocycles. The van der Waals surface area contributed by atoms with Crippen LogP contribution in [-0.2, 0) is 48.3 Å². The molecule has 0 amide bonds. The third kappa shape index (κ3) is 7.94. The number of aliphatic hydroxyl groups excluding tert-OH is 2. The van der Waals surface area contributed by atoms with Crippen LogP contribution in [0.25, 0.3) is 0 Å². The van der Waals surface area contributed by atoms with Crippen LogP contribution in [0.15, 0.2) is 91.0 Å². The molecular weight excluding hydrogens is 508 g/mol. The molecule has 9 heteroatoms. The molecule has 0 unspecified atom stereocenters. The Bertz CT molecular complexity index is 1210. The van der Waals surface area contributed by atoms with Crippen LogP contribution >= 0.6 is 0 Å². The Morgan fingerprint density at radius 1 is 0.632 bits per heavy atom. The smallest absolute Gasteiger partial charge is 0.264 e. The monoisotopic (exact) mass is 542 g/mol. The van der Waals surface area contributed by atoms with Crippen molar-refractivity contribution in [3.63, 3.8) is 0 Å². The summed E-state index contributed by atoms with van der Waals surface area (Å²) in [6, 6.07) is 28.2. The average Bonchev–Trinajstić information content (AvgIpc) is 2.91. The highest BCUT2D eigenvalue weighted by Crippen LogP contribution is 2.34. The second-order valence-electron chi connectivity index (χ2n) is 9.43. The third-order valence-corrected chi connectivity index (χ3v) is 7.04. The maximum absolute atomic E-state index is 12.2. The van der Waals surface area contributed by atoms with Gasteiger partial charge in [-0.1, -0.05) is 91.0 Å². The third-order valence-electron chi connectivity index (χ3n) is 6.47. The first-order chi connectivity index (χ1) is 18.3. The molecule has 0 saturated heterocycles. The molecule has 2 N–H and O–H groups in total. The highest BCUT2D eigenvalue weighted by Gasteiger charge is 2.53. The minimum atomic E-state index is -3.97. The zero-order valence-electron chi connectivity index (χ0n) is 21.2. The predicted molar refractivity (Wildman–Crippen MR) is 141 cm³/mol. The highest BCUT2D eigenvalue weighted by molar-refractivity contribution is 7.86. The van der Waals surface area contributed by atoms with Gasteiger partial charge in [-0.3, -0.25) is 4.18 Å². The van der Waals surface area contributed by atoms with E-state index < -0.39 is 46.6 Å². The van der Waals surface area contributed by atoms with Crippen molar-refractivity contribution < 1.29 is 37.0 Å². The van der Waals surface area contributed by atoms with Gasteiger partial charge in [0.1, 0.15) is 24.4 Å². The van der Waals surface area contributed by atoms with Gasteiger partial charge in [-0.05, 0) is 16.7 Å². The van der Waals surface area contributed by atoms with E-state index in [0.29, 0.717) is 0 Å². The molecule has 4 rings (SSSR count). The summed E-state index contributed by atoms with van der Waals surface area (Å²) < 4.78 is 47.9. The number of ether oxygens (including phenoxy) is 3. The van der Waals surface area contributed by atoms with Gasteiger partial charge in [0, 0.05) is 5.92 Å². The highest BCUT2D eigenvalue weighted by atomic mass is 32.2. The summed E-state index contributed by atoms with van der Waals surface area (Å²) in [5.74, 6) is -0.807. The van der Waals surface area contributed by atoms with Gasteiger partial charge in [-0.15, -0.1) is 0 Å². The molecule has 3 aromatic carbocycles. The van der Waals surface area contributed by atoms with Gasteiger partial charge in [-0.2, -0.15) is 8.42 Å². The first-order valence-electron chi connectivity index (χ1n) is 12.5. The molecule has 0 radical (unpaired) electrons. The second kappa shape index (κ2) is 13.4. The van der Waals surface area contributed by atoms with Crippen molar-refractivity contribution in [1.29, 1.82) is 0 Å². The lowest BCUT2D eigenvalue weighted by atomic mass is 9.78. The first-order valence-corrected chi connectivity index (χ1v) is 14.3. The summed E-state index contributed by atoms with van der Waals surface area (Å²) in [4.78, 5) is 0. The van der Waals surface area contributed by atoms with Crippen molar-refractivity contribution >= 4 is 10.1 Å². The maximum Gasteiger partial charge on any atom is 0.264 e. The Hall–Kier alpha value is -2.63. The van der Waals surface area contributed by atoms with E-state index in [4.69, 9.17) is 18.4 Å².